The Morgan fingerprint density at radius 1 is 1.60 bits per heavy atom. The van der Waals surface area contributed by atoms with Gasteiger partial charge in [0, 0.05) is 5.02 Å². The molecule has 80 valence electrons. The van der Waals surface area contributed by atoms with Crippen molar-refractivity contribution >= 4 is 17.6 Å². The van der Waals surface area contributed by atoms with E-state index in [1.165, 1.54) is 7.11 Å². The van der Waals surface area contributed by atoms with Crippen molar-refractivity contribution in [1.29, 1.82) is 0 Å². The third-order valence-electron chi connectivity index (χ3n) is 1.94. The number of benzene rings is 1. The van der Waals surface area contributed by atoms with Gasteiger partial charge in [0.1, 0.15) is 6.10 Å². The Morgan fingerprint density at radius 2 is 2.27 bits per heavy atom. The van der Waals surface area contributed by atoms with Gasteiger partial charge >= 0.3 is 5.97 Å². The first-order chi connectivity index (χ1) is 7.06. The van der Waals surface area contributed by atoms with Gasteiger partial charge in [0.25, 0.3) is 0 Å². The summed E-state index contributed by atoms with van der Waals surface area (Å²) in [5, 5.41) is 10.2. The molecule has 0 heterocycles. The fourth-order valence-electron chi connectivity index (χ4n) is 1.12. The molecule has 15 heavy (non-hydrogen) atoms. The van der Waals surface area contributed by atoms with Crippen LogP contribution in [0.25, 0.3) is 0 Å². The first-order valence-electron chi connectivity index (χ1n) is 4.27. The highest BCUT2D eigenvalue weighted by Crippen LogP contribution is 2.23. The Labute approximate surface area is 92.9 Å². The number of carbonyl (C=O) groups is 1. The molecule has 4 heteroatoms. The molecule has 1 aromatic rings. The minimum Gasteiger partial charge on any atom is -0.466 e. The Kier molecular flexibility index (Phi) is 3.88. The van der Waals surface area contributed by atoms with E-state index in [1.54, 1.807) is 24.3 Å². The smallest absolute Gasteiger partial charge is 0.336 e. The predicted octanol–water partition coefficient (Wildman–Crippen LogP) is 2.10. The van der Waals surface area contributed by atoms with Gasteiger partial charge in [0.05, 0.1) is 12.7 Å². The van der Waals surface area contributed by atoms with Crippen LogP contribution in [0.3, 0.4) is 0 Å². The van der Waals surface area contributed by atoms with Gasteiger partial charge in [-0.3, -0.25) is 0 Å². The van der Waals surface area contributed by atoms with Gasteiger partial charge in [-0.1, -0.05) is 30.3 Å². The molecule has 0 fully saturated rings. The normalized spacial score (nSPS) is 11.9. The quantitative estimate of drug-likeness (QED) is 0.634. The summed E-state index contributed by atoms with van der Waals surface area (Å²) in [6.07, 6.45) is -1.09. The van der Waals surface area contributed by atoms with Crippen LogP contribution in [-0.4, -0.2) is 18.2 Å². The molecule has 1 N–H and O–H groups in total. The Morgan fingerprint density at radius 3 is 2.80 bits per heavy atom. The van der Waals surface area contributed by atoms with Gasteiger partial charge in [0.15, 0.2) is 0 Å². The standard InChI is InChI=1S/C11H11ClO3/c1-7(11(14)15-2)10(13)8-4-3-5-9(12)6-8/h3-6,10,13H,1H2,2H3. The number of aliphatic hydroxyl groups is 1. The molecule has 3 nitrogen and oxygen atoms in total. The molecule has 0 aliphatic heterocycles. The van der Waals surface area contributed by atoms with Gasteiger partial charge in [-0.25, -0.2) is 4.79 Å². The van der Waals surface area contributed by atoms with E-state index in [-0.39, 0.29) is 5.57 Å². The minimum atomic E-state index is -1.09. The SMILES string of the molecule is C=C(C(=O)OC)C(O)c1cccc(Cl)c1. The molecule has 0 amide bonds. The first-order valence-corrected chi connectivity index (χ1v) is 4.64. The lowest BCUT2D eigenvalue weighted by molar-refractivity contribution is -0.137. The van der Waals surface area contributed by atoms with Crippen molar-refractivity contribution in [3.05, 3.63) is 47.0 Å². The number of hydrogen-bond acceptors (Lipinski definition) is 3. The Balaban J connectivity index is 2.89. The van der Waals surface area contributed by atoms with E-state index < -0.39 is 12.1 Å². The van der Waals surface area contributed by atoms with E-state index in [0.717, 1.165) is 0 Å². The molecule has 0 aliphatic carbocycles. The zero-order valence-electron chi connectivity index (χ0n) is 8.24. The molecule has 0 saturated heterocycles. The van der Waals surface area contributed by atoms with E-state index in [4.69, 9.17) is 11.6 Å². The lowest BCUT2D eigenvalue weighted by Gasteiger charge is -2.12. The molecule has 1 rings (SSSR count). The summed E-state index contributed by atoms with van der Waals surface area (Å²) >= 11 is 5.75. The molecule has 1 atom stereocenters. The number of ether oxygens (including phenoxy) is 1. The van der Waals surface area contributed by atoms with E-state index in [9.17, 15) is 9.90 Å². The van der Waals surface area contributed by atoms with Crippen LogP contribution < -0.4 is 0 Å². The van der Waals surface area contributed by atoms with Crippen molar-refractivity contribution < 1.29 is 14.6 Å². The number of halogens is 1. The average molecular weight is 227 g/mol. The second-order valence-electron chi connectivity index (χ2n) is 2.97. The average Bonchev–Trinajstić information content (AvgIpc) is 2.26. The van der Waals surface area contributed by atoms with E-state index in [1.807, 2.05) is 0 Å². The van der Waals surface area contributed by atoms with Crippen LogP contribution in [0.15, 0.2) is 36.4 Å². The van der Waals surface area contributed by atoms with Gasteiger partial charge in [-0.15, -0.1) is 0 Å². The maximum atomic E-state index is 11.1. The summed E-state index contributed by atoms with van der Waals surface area (Å²) in [5.41, 5.74) is 0.498. The number of carbonyl (C=O) groups excluding carboxylic acids is 1. The summed E-state index contributed by atoms with van der Waals surface area (Å²) < 4.78 is 4.45. The zero-order valence-corrected chi connectivity index (χ0v) is 8.99. The molecule has 0 radical (unpaired) electrons. The van der Waals surface area contributed by atoms with Crippen molar-refractivity contribution in [2.75, 3.05) is 7.11 Å². The lowest BCUT2D eigenvalue weighted by Crippen LogP contribution is -2.11. The monoisotopic (exact) mass is 226 g/mol. The fraction of sp³-hybridized carbons (Fsp3) is 0.182. The number of rotatable bonds is 3. The second kappa shape index (κ2) is 4.96. The highest BCUT2D eigenvalue weighted by atomic mass is 35.5. The topological polar surface area (TPSA) is 46.5 Å². The molecule has 0 saturated carbocycles. The van der Waals surface area contributed by atoms with Crippen molar-refractivity contribution in [2.24, 2.45) is 0 Å². The molecule has 1 unspecified atom stereocenters. The van der Waals surface area contributed by atoms with Crippen molar-refractivity contribution in [3.63, 3.8) is 0 Å². The van der Waals surface area contributed by atoms with Crippen molar-refractivity contribution in [1.82, 2.24) is 0 Å². The third kappa shape index (κ3) is 2.81. The van der Waals surface area contributed by atoms with E-state index in [0.29, 0.717) is 10.6 Å². The zero-order chi connectivity index (χ0) is 11.4. The van der Waals surface area contributed by atoms with Crippen LogP contribution in [0.5, 0.6) is 0 Å². The number of esters is 1. The molecular formula is C11H11ClO3. The largest absolute Gasteiger partial charge is 0.466 e. The summed E-state index contributed by atoms with van der Waals surface area (Å²) in [4.78, 5) is 11.1. The van der Waals surface area contributed by atoms with Gasteiger partial charge in [-0.05, 0) is 17.7 Å². The van der Waals surface area contributed by atoms with Crippen LogP contribution in [0.1, 0.15) is 11.7 Å². The summed E-state index contributed by atoms with van der Waals surface area (Å²) in [5.74, 6) is -0.637. The summed E-state index contributed by atoms with van der Waals surface area (Å²) in [6.45, 7) is 3.46. The van der Waals surface area contributed by atoms with Gasteiger partial charge < -0.3 is 9.84 Å². The van der Waals surface area contributed by atoms with Crippen LogP contribution in [-0.2, 0) is 9.53 Å². The van der Waals surface area contributed by atoms with Crippen molar-refractivity contribution in [2.45, 2.75) is 6.10 Å². The van der Waals surface area contributed by atoms with E-state index in [2.05, 4.69) is 11.3 Å². The Hall–Kier alpha value is -1.32. The van der Waals surface area contributed by atoms with E-state index >= 15 is 0 Å². The Bertz CT molecular complexity index is 387. The van der Waals surface area contributed by atoms with Crippen molar-refractivity contribution in [3.8, 4) is 0 Å². The molecule has 0 bridgehead atoms. The minimum absolute atomic E-state index is 0.0141. The molecule has 0 aliphatic rings. The fourth-order valence-corrected chi connectivity index (χ4v) is 1.32. The maximum Gasteiger partial charge on any atom is 0.336 e. The maximum absolute atomic E-state index is 11.1. The molecular weight excluding hydrogens is 216 g/mol. The van der Waals surface area contributed by atoms with Crippen LogP contribution in [0.2, 0.25) is 5.02 Å². The molecule has 0 aromatic heterocycles. The first kappa shape index (κ1) is 11.8. The highest BCUT2D eigenvalue weighted by molar-refractivity contribution is 6.30. The predicted molar refractivity (Wildman–Crippen MR) is 57.6 cm³/mol. The number of hydrogen-bond donors (Lipinski definition) is 1. The lowest BCUT2D eigenvalue weighted by atomic mass is 10.0. The third-order valence-corrected chi connectivity index (χ3v) is 2.18. The van der Waals surface area contributed by atoms with Crippen LogP contribution in [0.4, 0.5) is 0 Å². The molecule has 0 spiro atoms. The summed E-state index contributed by atoms with van der Waals surface area (Å²) in [7, 11) is 1.23. The molecule has 1 aromatic carbocycles. The second-order valence-corrected chi connectivity index (χ2v) is 3.41. The summed E-state index contributed by atoms with van der Waals surface area (Å²) in [6, 6.07) is 6.59. The van der Waals surface area contributed by atoms with Gasteiger partial charge in [0.2, 0.25) is 0 Å². The van der Waals surface area contributed by atoms with Crippen LogP contribution >= 0.6 is 11.6 Å². The highest BCUT2D eigenvalue weighted by Gasteiger charge is 2.18. The van der Waals surface area contributed by atoms with Gasteiger partial charge in [-0.2, -0.15) is 0 Å². The number of aliphatic hydroxyl groups excluding tert-OH is 1. The van der Waals surface area contributed by atoms with Crippen LogP contribution in [0, 0.1) is 0 Å². The number of methoxy groups -OCH3 is 1.